The van der Waals surface area contributed by atoms with Gasteiger partial charge in [-0.15, -0.1) is 0 Å². The molecule has 0 saturated heterocycles. The Morgan fingerprint density at radius 3 is 0.812 bits per heavy atom. The molecule has 0 aliphatic carbocycles. The van der Waals surface area contributed by atoms with E-state index in [9.17, 15) is 0 Å². The highest BCUT2D eigenvalue weighted by Crippen LogP contribution is 1.74. The third-order valence-electron chi connectivity index (χ3n) is 1.28. The highest BCUT2D eigenvalue weighted by atomic mass is 13.6. The molecular weight excluding hydrogens is 192 g/mol. The van der Waals surface area contributed by atoms with Crippen molar-refractivity contribution in [3.05, 3.63) is 36.5 Å². The first-order valence-corrected chi connectivity index (χ1v) is 6.54. The zero-order valence-corrected chi connectivity index (χ0v) is 12.9. The standard InChI is InChI=1S/2C5H10.C4H8.C2H6/c2*1-3-5-4-2;1-3-4-2;1-2/h2*3,5H,4H2,1-2H3;3-4H,1-2H3;1-2H3/b5-3-;;4-3-;. The summed E-state index contributed by atoms with van der Waals surface area (Å²) in [7, 11) is 0. The Morgan fingerprint density at radius 2 is 0.812 bits per heavy atom. The summed E-state index contributed by atoms with van der Waals surface area (Å²) in [6.07, 6.45) is 14.7. The maximum atomic E-state index is 2.12. The molecule has 0 unspecified atom stereocenters. The Morgan fingerprint density at radius 1 is 0.562 bits per heavy atom. The minimum atomic E-state index is 1.16. The summed E-state index contributed by atoms with van der Waals surface area (Å²) >= 11 is 0. The van der Waals surface area contributed by atoms with Crippen LogP contribution in [-0.2, 0) is 0 Å². The summed E-state index contributed by atoms with van der Waals surface area (Å²) < 4.78 is 0. The van der Waals surface area contributed by atoms with E-state index in [-0.39, 0.29) is 0 Å². The molecule has 0 rings (SSSR count). The second-order valence-electron chi connectivity index (χ2n) is 2.62. The maximum absolute atomic E-state index is 2.12. The molecule has 0 heterocycles. The van der Waals surface area contributed by atoms with Gasteiger partial charge in [-0.2, -0.15) is 0 Å². The molecule has 0 radical (unpaired) electrons. The fourth-order valence-electron chi connectivity index (χ4n) is 0.471. The molecule has 0 aromatic rings. The minimum Gasteiger partial charge on any atom is -0.0919 e. The molecule has 0 aliphatic rings. The van der Waals surface area contributed by atoms with E-state index in [1.54, 1.807) is 0 Å². The van der Waals surface area contributed by atoms with Gasteiger partial charge in [-0.3, -0.25) is 0 Å². The first-order chi connectivity index (χ1) is 7.74. The average molecular weight is 226 g/mol. The van der Waals surface area contributed by atoms with Crippen LogP contribution in [0.25, 0.3) is 0 Å². The zero-order valence-electron chi connectivity index (χ0n) is 12.9. The van der Waals surface area contributed by atoms with Crippen LogP contribution >= 0.6 is 0 Å². The number of allylic oxidation sites excluding steroid dienone is 6. The van der Waals surface area contributed by atoms with Gasteiger partial charge in [-0.1, -0.05) is 64.2 Å². The molecule has 0 bridgehead atoms. The van der Waals surface area contributed by atoms with Crippen molar-refractivity contribution in [2.45, 2.75) is 68.2 Å². The lowest BCUT2D eigenvalue weighted by molar-refractivity contribution is 1.22. The van der Waals surface area contributed by atoms with Crippen molar-refractivity contribution in [1.82, 2.24) is 0 Å². The van der Waals surface area contributed by atoms with Crippen molar-refractivity contribution >= 4 is 0 Å². The van der Waals surface area contributed by atoms with Gasteiger partial charge in [0.25, 0.3) is 0 Å². The molecule has 98 valence electrons. The molecule has 0 atom stereocenters. The lowest BCUT2D eigenvalue weighted by atomic mass is 10.4. The van der Waals surface area contributed by atoms with E-state index < -0.39 is 0 Å². The van der Waals surface area contributed by atoms with Crippen LogP contribution < -0.4 is 0 Å². The summed E-state index contributed by atoms with van der Waals surface area (Å²) in [5.74, 6) is 0. The molecular formula is C16H34. The molecule has 16 heavy (non-hydrogen) atoms. The first kappa shape index (κ1) is 24.4. The van der Waals surface area contributed by atoms with Gasteiger partial charge in [0.05, 0.1) is 0 Å². The molecule has 0 nitrogen and oxygen atoms in total. The summed E-state index contributed by atoms with van der Waals surface area (Å²) in [5, 5.41) is 0. The van der Waals surface area contributed by atoms with Crippen molar-refractivity contribution in [3.63, 3.8) is 0 Å². The first-order valence-electron chi connectivity index (χ1n) is 6.54. The Bertz CT molecular complexity index is 111. The van der Waals surface area contributed by atoms with Crippen LogP contribution in [0.15, 0.2) is 36.5 Å². The molecule has 0 aromatic heterocycles. The summed E-state index contributed by atoms with van der Waals surface area (Å²) in [5.41, 5.74) is 0. The van der Waals surface area contributed by atoms with Crippen molar-refractivity contribution < 1.29 is 0 Å². The van der Waals surface area contributed by atoms with E-state index in [0.29, 0.717) is 0 Å². The smallest absolute Gasteiger partial charge is 0.0379 e. The SMILES string of the molecule is C/C=C\C.C/C=C\CC.CC.CC=CCC. The zero-order chi connectivity index (χ0) is 13.7. The van der Waals surface area contributed by atoms with Gasteiger partial charge in [0.2, 0.25) is 0 Å². The predicted molar refractivity (Wildman–Crippen MR) is 82.0 cm³/mol. The van der Waals surface area contributed by atoms with Gasteiger partial charge in [-0.25, -0.2) is 0 Å². The van der Waals surface area contributed by atoms with Gasteiger partial charge < -0.3 is 0 Å². The van der Waals surface area contributed by atoms with E-state index in [4.69, 9.17) is 0 Å². The van der Waals surface area contributed by atoms with E-state index >= 15 is 0 Å². The minimum absolute atomic E-state index is 1.16. The van der Waals surface area contributed by atoms with Crippen molar-refractivity contribution in [3.8, 4) is 0 Å². The number of rotatable bonds is 2. The van der Waals surface area contributed by atoms with E-state index in [0.717, 1.165) is 12.8 Å². The molecule has 0 aromatic carbocycles. The Balaban J connectivity index is -0.0000000629. The molecule has 0 spiro atoms. The summed E-state index contributed by atoms with van der Waals surface area (Å²) in [6, 6.07) is 0. The summed E-state index contributed by atoms with van der Waals surface area (Å²) in [6.45, 7) is 16.3. The van der Waals surface area contributed by atoms with Gasteiger partial charge in [-0.05, 0) is 40.5 Å². The fraction of sp³-hybridized carbons (Fsp3) is 0.625. The van der Waals surface area contributed by atoms with Gasteiger partial charge in [0.15, 0.2) is 0 Å². The molecule has 0 aliphatic heterocycles. The van der Waals surface area contributed by atoms with Gasteiger partial charge >= 0.3 is 0 Å². The largest absolute Gasteiger partial charge is 0.0919 e. The highest BCUT2D eigenvalue weighted by molar-refractivity contribution is 4.73. The third kappa shape index (κ3) is 111. The normalized spacial score (nSPS) is 9.00. The van der Waals surface area contributed by atoms with Crippen LogP contribution in [-0.4, -0.2) is 0 Å². The van der Waals surface area contributed by atoms with Crippen molar-refractivity contribution in [1.29, 1.82) is 0 Å². The fourth-order valence-corrected chi connectivity index (χ4v) is 0.471. The highest BCUT2D eigenvalue weighted by Gasteiger charge is 1.52. The van der Waals surface area contributed by atoms with Gasteiger partial charge in [0, 0.05) is 0 Å². The van der Waals surface area contributed by atoms with Crippen molar-refractivity contribution in [2.75, 3.05) is 0 Å². The van der Waals surface area contributed by atoms with E-state index in [1.165, 1.54) is 0 Å². The Hall–Kier alpha value is -0.780. The molecule has 0 N–H and O–H groups in total. The van der Waals surface area contributed by atoms with E-state index in [1.807, 2.05) is 53.7 Å². The topological polar surface area (TPSA) is 0 Å². The lowest BCUT2D eigenvalue weighted by Crippen LogP contribution is -1.43. The Labute approximate surface area is 105 Å². The molecule has 0 amide bonds. The van der Waals surface area contributed by atoms with Crippen LogP contribution in [0, 0.1) is 0 Å². The van der Waals surface area contributed by atoms with Crippen LogP contribution in [0.1, 0.15) is 68.2 Å². The van der Waals surface area contributed by atoms with Crippen LogP contribution in [0.4, 0.5) is 0 Å². The monoisotopic (exact) mass is 226 g/mol. The molecule has 0 saturated carbocycles. The van der Waals surface area contributed by atoms with Crippen LogP contribution in [0.2, 0.25) is 0 Å². The lowest BCUT2D eigenvalue weighted by Gasteiger charge is -1.65. The average Bonchev–Trinajstić information content (AvgIpc) is 2.35. The number of hydrogen-bond acceptors (Lipinski definition) is 0. The van der Waals surface area contributed by atoms with E-state index in [2.05, 4.69) is 38.2 Å². The molecule has 0 heteroatoms. The van der Waals surface area contributed by atoms with Crippen molar-refractivity contribution in [2.24, 2.45) is 0 Å². The van der Waals surface area contributed by atoms with Gasteiger partial charge in [0.1, 0.15) is 0 Å². The van der Waals surface area contributed by atoms with Crippen LogP contribution in [0.5, 0.6) is 0 Å². The predicted octanol–water partition coefficient (Wildman–Crippen LogP) is 6.55. The van der Waals surface area contributed by atoms with Crippen LogP contribution in [0.3, 0.4) is 0 Å². The quantitative estimate of drug-likeness (QED) is 0.468. The second-order valence-corrected chi connectivity index (χ2v) is 2.62. The third-order valence-corrected chi connectivity index (χ3v) is 1.28. The Kier molecular flexibility index (Phi) is 72.8. The maximum Gasteiger partial charge on any atom is -0.0379 e. The summed E-state index contributed by atoms with van der Waals surface area (Å²) in [4.78, 5) is 0. The second kappa shape index (κ2) is 47.7. The number of hydrogen-bond donors (Lipinski definition) is 0. The molecule has 0 fully saturated rings.